The fourth-order valence-corrected chi connectivity index (χ4v) is 3.92. The Labute approximate surface area is 141 Å². The van der Waals surface area contributed by atoms with Gasteiger partial charge in [0.25, 0.3) is 0 Å². The first kappa shape index (κ1) is 15.6. The summed E-state index contributed by atoms with van der Waals surface area (Å²) in [7, 11) is 0. The van der Waals surface area contributed by atoms with Gasteiger partial charge in [-0.2, -0.15) is 0 Å². The van der Waals surface area contributed by atoms with Crippen molar-refractivity contribution in [2.75, 3.05) is 26.3 Å². The van der Waals surface area contributed by atoms with Crippen molar-refractivity contribution in [3.05, 3.63) is 30.6 Å². The first-order chi connectivity index (χ1) is 11.7. The highest BCUT2D eigenvalue weighted by Crippen LogP contribution is 2.32. The van der Waals surface area contributed by atoms with Crippen LogP contribution in [0.4, 0.5) is 0 Å². The maximum absolute atomic E-state index is 12.5. The number of carbonyl (C=O) groups excluding carboxylic acids is 1. The molecule has 24 heavy (non-hydrogen) atoms. The molecule has 3 heterocycles. The summed E-state index contributed by atoms with van der Waals surface area (Å²) >= 11 is 0. The lowest BCUT2D eigenvalue weighted by molar-refractivity contribution is -0.130. The number of aromatic nitrogens is 2. The lowest BCUT2D eigenvalue weighted by Gasteiger charge is -2.34. The van der Waals surface area contributed by atoms with Crippen LogP contribution in [0, 0.1) is 5.92 Å². The van der Waals surface area contributed by atoms with E-state index in [0.29, 0.717) is 26.2 Å². The molecule has 0 bridgehead atoms. The number of imidazole rings is 1. The number of benzene rings is 1. The van der Waals surface area contributed by atoms with Gasteiger partial charge in [-0.15, -0.1) is 0 Å². The summed E-state index contributed by atoms with van der Waals surface area (Å²) in [5, 5.41) is 0. The number of rotatable bonds is 4. The Hall–Kier alpha value is -1.92. The summed E-state index contributed by atoms with van der Waals surface area (Å²) in [6.07, 6.45) is 4.07. The second-order valence-corrected chi connectivity index (χ2v) is 7.06. The van der Waals surface area contributed by atoms with Crippen LogP contribution in [0.5, 0.6) is 0 Å². The van der Waals surface area contributed by atoms with Gasteiger partial charge in [0.15, 0.2) is 0 Å². The molecule has 2 aliphatic heterocycles. The van der Waals surface area contributed by atoms with Crippen LogP contribution in [0.3, 0.4) is 0 Å². The van der Waals surface area contributed by atoms with Crippen molar-refractivity contribution < 1.29 is 9.53 Å². The summed E-state index contributed by atoms with van der Waals surface area (Å²) in [6, 6.07) is 8.07. The standard InChI is InChI=1S/C18H24N4O2/c19-18-7-9-24-11-14(18)10-22(12-18)17(23)6-3-8-21-13-20-15-4-1-2-5-16(15)21/h1-2,4-5,13-14H,3,6-12,19H2/t14-,18+/m0/s1. The molecule has 2 aliphatic rings. The number of aryl methyl sites for hydroxylation is 1. The van der Waals surface area contributed by atoms with Gasteiger partial charge < -0.3 is 19.9 Å². The second kappa shape index (κ2) is 6.18. The Morgan fingerprint density at radius 1 is 1.42 bits per heavy atom. The molecule has 0 saturated carbocycles. The Morgan fingerprint density at radius 3 is 3.17 bits per heavy atom. The van der Waals surface area contributed by atoms with Crippen LogP contribution in [-0.2, 0) is 16.1 Å². The molecule has 4 rings (SSSR count). The number of fused-ring (bicyclic) bond motifs is 2. The highest BCUT2D eigenvalue weighted by molar-refractivity contribution is 5.77. The number of hydrogen-bond acceptors (Lipinski definition) is 4. The van der Waals surface area contributed by atoms with E-state index in [1.807, 2.05) is 29.4 Å². The summed E-state index contributed by atoms with van der Waals surface area (Å²) in [6.45, 7) is 3.61. The molecule has 0 aliphatic carbocycles. The van der Waals surface area contributed by atoms with Crippen molar-refractivity contribution in [2.45, 2.75) is 31.3 Å². The fourth-order valence-electron chi connectivity index (χ4n) is 3.92. The first-order valence-electron chi connectivity index (χ1n) is 8.70. The van der Waals surface area contributed by atoms with Gasteiger partial charge in [-0.25, -0.2) is 4.98 Å². The lowest BCUT2D eigenvalue weighted by Crippen LogP contribution is -2.52. The minimum Gasteiger partial charge on any atom is -0.381 e. The van der Waals surface area contributed by atoms with Crippen molar-refractivity contribution in [3.8, 4) is 0 Å². The fraction of sp³-hybridized carbons (Fsp3) is 0.556. The summed E-state index contributed by atoms with van der Waals surface area (Å²) in [4.78, 5) is 18.9. The molecule has 0 spiro atoms. The molecule has 2 fully saturated rings. The second-order valence-electron chi connectivity index (χ2n) is 7.06. The van der Waals surface area contributed by atoms with Crippen molar-refractivity contribution in [3.63, 3.8) is 0 Å². The molecular weight excluding hydrogens is 304 g/mol. The maximum Gasteiger partial charge on any atom is 0.222 e. The quantitative estimate of drug-likeness (QED) is 0.920. The number of nitrogens with two attached hydrogens (primary N) is 1. The van der Waals surface area contributed by atoms with E-state index in [2.05, 4.69) is 15.6 Å². The number of amides is 1. The van der Waals surface area contributed by atoms with Gasteiger partial charge in [-0.3, -0.25) is 4.79 Å². The van der Waals surface area contributed by atoms with Crippen molar-refractivity contribution in [1.82, 2.24) is 14.5 Å². The minimum absolute atomic E-state index is 0.207. The molecule has 6 heteroatoms. The Kier molecular flexibility index (Phi) is 4.02. The molecule has 2 atom stereocenters. The van der Waals surface area contributed by atoms with E-state index >= 15 is 0 Å². The van der Waals surface area contributed by atoms with Crippen LogP contribution in [0.1, 0.15) is 19.3 Å². The van der Waals surface area contributed by atoms with Gasteiger partial charge in [-0.05, 0) is 25.0 Å². The number of nitrogens with zero attached hydrogens (tertiary/aromatic N) is 3. The summed E-state index contributed by atoms with van der Waals surface area (Å²) in [5.74, 6) is 0.492. The van der Waals surface area contributed by atoms with Crippen LogP contribution in [0.2, 0.25) is 0 Å². The Morgan fingerprint density at radius 2 is 2.29 bits per heavy atom. The van der Waals surface area contributed by atoms with E-state index < -0.39 is 0 Å². The smallest absolute Gasteiger partial charge is 0.222 e. The lowest BCUT2D eigenvalue weighted by atomic mass is 9.84. The number of hydrogen-bond donors (Lipinski definition) is 1. The molecule has 0 radical (unpaired) electrons. The highest BCUT2D eigenvalue weighted by atomic mass is 16.5. The zero-order valence-corrected chi connectivity index (χ0v) is 13.9. The van der Waals surface area contributed by atoms with E-state index in [0.717, 1.165) is 37.0 Å². The minimum atomic E-state index is -0.242. The van der Waals surface area contributed by atoms with E-state index in [9.17, 15) is 4.79 Å². The number of para-hydroxylation sites is 2. The van der Waals surface area contributed by atoms with Crippen molar-refractivity contribution >= 4 is 16.9 Å². The number of likely N-dealkylation sites (tertiary alicyclic amines) is 1. The van der Waals surface area contributed by atoms with Gasteiger partial charge in [0.1, 0.15) is 0 Å². The van der Waals surface area contributed by atoms with Crippen molar-refractivity contribution in [2.24, 2.45) is 11.7 Å². The van der Waals surface area contributed by atoms with E-state index in [-0.39, 0.29) is 17.4 Å². The van der Waals surface area contributed by atoms with Gasteiger partial charge in [0.05, 0.1) is 24.0 Å². The number of carbonyl (C=O) groups is 1. The zero-order chi connectivity index (χ0) is 16.6. The van der Waals surface area contributed by atoms with Gasteiger partial charge in [0.2, 0.25) is 5.91 Å². The summed E-state index contributed by atoms with van der Waals surface area (Å²) < 4.78 is 7.64. The van der Waals surface area contributed by atoms with Crippen LogP contribution < -0.4 is 5.73 Å². The zero-order valence-electron chi connectivity index (χ0n) is 13.9. The molecule has 2 N–H and O–H groups in total. The van der Waals surface area contributed by atoms with Gasteiger partial charge in [0, 0.05) is 44.1 Å². The van der Waals surface area contributed by atoms with E-state index in [1.54, 1.807) is 0 Å². The highest BCUT2D eigenvalue weighted by Gasteiger charge is 2.46. The van der Waals surface area contributed by atoms with Crippen molar-refractivity contribution in [1.29, 1.82) is 0 Å². The molecule has 2 aromatic rings. The normalized spacial score (nSPS) is 26.7. The van der Waals surface area contributed by atoms with Crippen LogP contribution >= 0.6 is 0 Å². The molecule has 6 nitrogen and oxygen atoms in total. The number of ether oxygens (including phenoxy) is 1. The average molecular weight is 328 g/mol. The molecular formula is C18H24N4O2. The maximum atomic E-state index is 12.5. The average Bonchev–Trinajstić information content (AvgIpc) is 3.15. The molecule has 1 aromatic heterocycles. The summed E-state index contributed by atoms with van der Waals surface area (Å²) in [5.41, 5.74) is 8.35. The third kappa shape index (κ3) is 2.80. The van der Waals surface area contributed by atoms with Crippen LogP contribution in [-0.4, -0.2) is 52.2 Å². The predicted octanol–water partition coefficient (Wildman–Crippen LogP) is 1.39. The van der Waals surface area contributed by atoms with E-state index in [1.165, 1.54) is 0 Å². The monoisotopic (exact) mass is 328 g/mol. The van der Waals surface area contributed by atoms with Gasteiger partial charge in [-0.1, -0.05) is 12.1 Å². The Bertz CT molecular complexity index is 743. The first-order valence-corrected chi connectivity index (χ1v) is 8.70. The molecule has 1 amide bonds. The largest absolute Gasteiger partial charge is 0.381 e. The molecule has 0 unspecified atom stereocenters. The van der Waals surface area contributed by atoms with Gasteiger partial charge >= 0.3 is 0 Å². The topological polar surface area (TPSA) is 73.4 Å². The predicted molar refractivity (Wildman–Crippen MR) is 91.4 cm³/mol. The van der Waals surface area contributed by atoms with Crippen LogP contribution in [0.25, 0.3) is 11.0 Å². The molecule has 1 aromatic carbocycles. The third-order valence-electron chi connectivity index (χ3n) is 5.44. The Balaban J connectivity index is 1.32. The van der Waals surface area contributed by atoms with E-state index in [4.69, 9.17) is 10.5 Å². The third-order valence-corrected chi connectivity index (χ3v) is 5.44. The van der Waals surface area contributed by atoms with Crippen LogP contribution in [0.15, 0.2) is 30.6 Å². The molecule has 2 saturated heterocycles. The SMILES string of the molecule is N[C@@]12CCOC[C@@H]1CN(C(=O)CCCn1cnc3ccccc31)C2. The molecule has 128 valence electrons.